The van der Waals surface area contributed by atoms with E-state index in [-0.39, 0.29) is 18.0 Å². The van der Waals surface area contributed by atoms with E-state index in [0.717, 1.165) is 67.7 Å². The number of likely N-dealkylation sites (N-methyl/N-ethyl adjacent to an activating group) is 1. The maximum Gasteiger partial charge on any atom is 0.227 e. The number of nitrogens with zero attached hydrogens (tertiary/aromatic N) is 4. The maximum atomic E-state index is 12.0. The van der Waals surface area contributed by atoms with E-state index in [1.165, 1.54) is 11.8 Å². The Morgan fingerprint density at radius 3 is 2.52 bits per heavy atom. The van der Waals surface area contributed by atoms with Crippen LogP contribution in [0, 0.1) is 5.92 Å². The lowest BCUT2D eigenvalue weighted by Crippen LogP contribution is -2.45. The third kappa shape index (κ3) is 5.94. The van der Waals surface area contributed by atoms with E-state index in [4.69, 9.17) is 9.97 Å². The fourth-order valence-corrected chi connectivity index (χ4v) is 4.79. The van der Waals surface area contributed by atoms with Gasteiger partial charge in [0.2, 0.25) is 5.91 Å². The Kier molecular flexibility index (Phi) is 6.68. The van der Waals surface area contributed by atoms with Crippen LogP contribution in [-0.2, 0) is 4.79 Å². The molecule has 1 aromatic carbocycles. The monoisotopic (exact) mass is 468 g/mol. The van der Waals surface area contributed by atoms with Gasteiger partial charge in [-0.2, -0.15) is 0 Å². The molecule has 1 aliphatic carbocycles. The minimum atomic E-state index is 0.124. The van der Waals surface area contributed by atoms with E-state index in [2.05, 4.69) is 51.3 Å². The van der Waals surface area contributed by atoms with E-state index in [0.29, 0.717) is 11.2 Å². The van der Waals surface area contributed by atoms with Gasteiger partial charge in [-0.25, -0.2) is 15.4 Å². The van der Waals surface area contributed by atoms with Crippen LogP contribution >= 0.6 is 11.8 Å². The van der Waals surface area contributed by atoms with Crippen LogP contribution in [0.4, 0.5) is 17.3 Å². The van der Waals surface area contributed by atoms with Crippen molar-refractivity contribution in [2.24, 2.45) is 5.92 Å². The molecule has 9 nitrogen and oxygen atoms in total. The standard InChI is InChI=1S/C23H32N8OS/c1-15-13-20(29-28-15)25-19-14-21(31-11-9-30(2)10-12-31)27-23(26-19)33-18-7-5-17(6-8-18)24-22(32)16-3-4-16/h5-8,14-16,20,28-29H,3-4,9-13H2,1-2H3,(H,24,32)(H,25,26,27). The number of piperazine rings is 1. The van der Waals surface area contributed by atoms with Crippen LogP contribution in [0.5, 0.6) is 0 Å². The van der Waals surface area contributed by atoms with Gasteiger partial charge in [0, 0.05) is 54.8 Å². The van der Waals surface area contributed by atoms with Crippen LogP contribution in [0.2, 0.25) is 0 Å². The summed E-state index contributed by atoms with van der Waals surface area (Å²) in [5.74, 6) is 2.10. The van der Waals surface area contributed by atoms with Crippen molar-refractivity contribution in [3.8, 4) is 0 Å². The summed E-state index contributed by atoms with van der Waals surface area (Å²) >= 11 is 1.54. The third-order valence-electron chi connectivity index (χ3n) is 6.21. The summed E-state index contributed by atoms with van der Waals surface area (Å²) in [6.45, 7) is 6.10. The molecular weight excluding hydrogens is 436 g/mol. The van der Waals surface area contributed by atoms with Gasteiger partial charge in [-0.05, 0) is 69.3 Å². The van der Waals surface area contributed by atoms with Gasteiger partial charge in [0.25, 0.3) is 0 Å². The molecule has 4 N–H and O–H groups in total. The summed E-state index contributed by atoms with van der Waals surface area (Å²) in [5.41, 5.74) is 7.36. The lowest BCUT2D eigenvalue weighted by Gasteiger charge is -2.33. The molecule has 2 aliphatic heterocycles. The zero-order valence-corrected chi connectivity index (χ0v) is 20.0. The van der Waals surface area contributed by atoms with Gasteiger partial charge >= 0.3 is 0 Å². The molecule has 1 amide bonds. The molecular formula is C23H32N8OS. The number of carbonyl (C=O) groups is 1. The molecule has 3 fully saturated rings. The molecule has 0 spiro atoms. The smallest absolute Gasteiger partial charge is 0.227 e. The Balaban J connectivity index is 1.32. The highest BCUT2D eigenvalue weighted by molar-refractivity contribution is 7.99. The normalized spacial score (nSPS) is 23.5. The molecule has 33 heavy (non-hydrogen) atoms. The fourth-order valence-electron chi connectivity index (χ4n) is 4.02. The Morgan fingerprint density at radius 2 is 1.85 bits per heavy atom. The summed E-state index contributed by atoms with van der Waals surface area (Å²) in [6.07, 6.45) is 3.11. The second-order valence-electron chi connectivity index (χ2n) is 9.20. The molecule has 5 rings (SSSR count). The lowest BCUT2D eigenvalue weighted by atomic mass is 10.2. The van der Waals surface area contributed by atoms with Crippen LogP contribution < -0.4 is 26.4 Å². The van der Waals surface area contributed by atoms with Crippen molar-refractivity contribution in [3.63, 3.8) is 0 Å². The number of nitrogens with one attached hydrogen (secondary N) is 4. The van der Waals surface area contributed by atoms with Crippen molar-refractivity contribution in [1.29, 1.82) is 0 Å². The second kappa shape index (κ2) is 9.84. The topological polar surface area (TPSA) is 97.5 Å². The summed E-state index contributed by atoms with van der Waals surface area (Å²) < 4.78 is 0. The van der Waals surface area contributed by atoms with Crippen LogP contribution in [0.1, 0.15) is 26.2 Å². The summed E-state index contributed by atoms with van der Waals surface area (Å²) in [6, 6.07) is 10.4. The van der Waals surface area contributed by atoms with Gasteiger partial charge in [-0.3, -0.25) is 10.2 Å². The Labute approximate surface area is 199 Å². The number of carbonyl (C=O) groups excluding carboxylic acids is 1. The minimum absolute atomic E-state index is 0.124. The molecule has 2 atom stereocenters. The van der Waals surface area contributed by atoms with Gasteiger partial charge in [0.1, 0.15) is 11.6 Å². The van der Waals surface area contributed by atoms with Gasteiger partial charge in [-0.1, -0.05) is 0 Å². The number of hydrazine groups is 1. The van der Waals surface area contributed by atoms with Crippen molar-refractivity contribution in [2.75, 3.05) is 48.8 Å². The van der Waals surface area contributed by atoms with Crippen molar-refractivity contribution in [3.05, 3.63) is 30.3 Å². The zero-order chi connectivity index (χ0) is 22.8. The summed E-state index contributed by atoms with van der Waals surface area (Å²) in [7, 11) is 2.16. The number of benzene rings is 1. The third-order valence-corrected chi connectivity index (χ3v) is 7.09. The van der Waals surface area contributed by atoms with Crippen LogP contribution in [0.15, 0.2) is 40.4 Å². The average Bonchev–Trinajstić information content (AvgIpc) is 3.58. The summed E-state index contributed by atoms with van der Waals surface area (Å²) in [4.78, 5) is 27.4. The van der Waals surface area contributed by atoms with Crippen molar-refractivity contribution in [1.82, 2.24) is 25.7 Å². The molecule has 0 radical (unpaired) electrons. The highest BCUT2D eigenvalue weighted by atomic mass is 32.2. The predicted molar refractivity (Wildman–Crippen MR) is 131 cm³/mol. The van der Waals surface area contributed by atoms with Gasteiger partial charge in [-0.15, -0.1) is 0 Å². The zero-order valence-electron chi connectivity index (χ0n) is 19.2. The van der Waals surface area contributed by atoms with Crippen LogP contribution in [0.3, 0.4) is 0 Å². The number of amides is 1. The highest BCUT2D eigenvalue weighted by Crippen LogP contribution is 2.32. The van der Waals surface area contributed by atoms with E-state index in [1.807, 2.05) is 24.3 Å². The van der Waals surface area contributed by atoms with Gasteiger partial charge in [0.05, 0.1) is 6.17 Å². The number of anilines is 3. The average molecular weight is 469 g/mol. The van der Waals surface area contributed by atoms with E-state index >= 15 is 0 Å². The van der Waals surface area contributed by atoms with E-state index in [9.17, 15) is 4.79 Å². The van der Waals surface area contributed by atoms with Crippen LogP contribution in [0.25, 0.3) is 0 Å². The van der Waals surface area contributed by atoms with E-state index in [1.54, 1.807) is 0 Å². The first kappa shape index (κ1) is 22.4. The second-order valence-corrected chi connectivity index (χ2v) is 10.2. The number of hydrogen-bond acceptors (Lipinski definition) is 9. The molecule has 10 heteroatoms. The van der Waals surface area contributed by atoms with E-state index < -0.39 is 0 Å². The van der Waals surface area contributed by atoms with Crippen molar-refractivity contribution < 1.29 is 4.79 Å². The molecule has 1 saturated carbocycles. The molecule has 2 unspecified atom stereocenters. The Bertz CT molecular complexity index is 975. The van der Waals surface area contributed by atoms with Crippen molar-refractivity contribution in [2.45, 2.75) is 48.4 Å². The van der Waals surface area contributed by atoms with Gasteiger partial charge in [0.15, 0.2) is 5.16 Å². The molecule has 176 valence electrons. The molecule has 1 aromatic heterocycles. The lowest BCUT2D eigenvalue weighted by molar-refractivity contribution is -0.117. The highest BCUT2D eigenvalue weighted by Gasteiger charge is 2.29. The summed E-state index contributed by atoms with van der Waals surface area (Å²) in [5, 5.41) is 7.21. The molecule has 3 aliphatic rings. The Hall–Kier alpha value is -2.40. The van der Waals surface area contributed by atoms with Crippen LogP contribution in [-0.4, -0.2) is 66.2 Å². The Morgan fingerprint density at radius 1 is 1.09 bits per heavy atom. The number of aromatic nitrogens is 2. The first-order valence-corrected chi connectivity index (χ1v) is 12.5. The quantitative estimate of drug-likeness (QED) is 0.457. The van der Waals surface area contributed by atoms with Crippen molar-refractivity contribution >= 4 is 35.0 Å². The largest absolute Gasteiger partial charge is 0.354 e. The number of rotatable bonds is 7. The first-order valence-electron chi connectivity index (χ1n) is 11.7. The fraction of sp³-hybridized carbons (Fsp3) is 0.522. The predicted octanol–water partition coefficient (Wildman–Crippen LogP) is 2.35. The van der Waals surface area contributed by atoms with Gasteiger partial charge < -0.3 is 20.4 Å². The molecule has 2 saturated heterocycles. The maximum absolute atomic E-state index is 12.0. The molecule has 3 heterocycles. The first-order chi connectivity index (χ1) is 16.0. The number of hydrogen-bond donors (Lipinski definition) is 4. The molecule has 0 bridgehead atoms. The minimum Gasteiger partial charge on any atom is -0.354 e. The SMILES string of the molecule is CC1CC(Nc2cc(N3CCN(C)CC3)nc(Sc3ccc(NC(=O)C4CC4)cc3)n2)NN1. The molecule has 2 aromatic rings.